The van der Waals surface area contributed by atoms with Crippen molar-refractivity contribution < 1.29 is 19.4 Å². The second-order valence-electron chi connectivity index (χ2n) is 5.76. The van der Waals surface area contributed by atoms with Crippen molar-refractivity contribution in [3.63, 3.8) is 0 Å². The predicted octanol–water partition coefficient (Wildman–Crippen LogP) is 1.89. The van der Waals surface area contributed by atoms with Gasteiger partial charge in [0.1, 0.15) is 13.2 Å². The minimum atomic E-state index is -0.915. The summed E-state index contributed by atoms with van der Waals surface area (Å²) in [5.74, 6) is 1.52. The van der Waals surface area contributed by atoms with Crippen molar-refractivity contribution in [3.8, 4) is 11.5 Å². The van der Waals surface area contributed by atoms with Crippen LogP contribution in [0.25, 0.3) is 0 Å². The topological polar surface area (TPSA) is 74.3 Å². The van der Waals surface area contributed by atoms with Crippen LogP contribution >= 0.6 is 0 Å². The molecule has 0 bridgehead atoms. The number of piperidine rings is 1. The molecule has 1 aromatic carbocycles. The minimum absolute atomic E-state index is 0.282. The Morgan fingerprint density at radius 1 is 1.17 bits per heavy atom. The molecule has 3 rings (SSSR count). The van der Waals surface area contributed by atoms with Crippen LogP contribution in [0.4, 0.5) is 4.79 Å². The number of carboxylic acid groups (broad SMARTS) is 1. The molecule has 0 aliphatic carbocycles. The fourth-order valence-electron chi connectivity index (χ4n) is 2.91. The molecule has 7 heteroatoms. The molecule has 2 aliphatic heterocycles. The smallest absolute Gasteiger partial charge is 0.423 e. The van der Waals surface area contributed by atoms with Crippen LogP contribution in [0.1, 0.15) is 24.8 Å². The minimum Gasteiger partial charge on any atom is -0.486 e. The summed E-state index contributed by atoms with van der Waals surface area (Å²) in [5, 5.41) is 15.9. The molecule has 7 nitrogen and oxygen atoms in total. The van der Waals surface area contributed by atoms with Crippen molar-refractivity contribution in [2.24, 2.45) is 0 Å². The summed E-state index contributed by atoms with van der Waals surface area (Å²) in [7, 11) is 0. The molecular weight excluding hydrogens is 298 g/mol. The first-order valence-corrected chi connectivity index (χ1v) is 8.08. The van der Waals surface area contributed by atoms with E-state index in [2.05, 4.69) is 5.32 Å². The van der Waals surface area contributed by atoms with E-state index in [4.69, 9.17) is 9.47 Å². The van der Waals surface area contributed by atoms with Crippen LogP contribution in [0.5, 0.6) is 11.5 Å². The fraction of sp³-hybridized carbons (Fsp3) is 0.562. The van der Waals surface area contributed by atoms with E-state index in [9.17, 15) is 9.90 Å². The van der Waals surface area contributed by atoms with Crippen molar-refractivity contribution >= 4 is 6.09 Å². The lowest BCUT2D eigenvalue weighted by Gasteiger charge is -2.35. The van der Waals surface area contributed by atoms with Crippen LogP contribution in [0, 0.1) is 0 Å². The van der Waals surface area contributed by atoms with Crippen LogP contribution in [-0.2, 0) is 6.54 Å². The monoisotopic (exact) mass is 321 g/mol. The van der Waals surface area contributed by atoms with Crippen molar-refractivity contribution in [2.75, 3.05) is 33.0 Å². The molecule has 1 saturated heterocycles. The lowest BCUT2D eigenvalue weighted by molar-refractivity contribution is -0.0274. The fourth-order valence-corrected chi connectivity index (χ4v) is 2.91. The molecule has 0 radical (unpaired) electrons. The average molecular weight is 321 g/mol. The summed E-state index contributed by atoms with van der Waals surface area (Å²) in [6.45, 7) is 3.60. The van der Waals surface area contributed by atoms with Gasteiger partial charge in [-0.3, -0.25) is 5.32 Å². The molecule has 1 amide bonds. The van der Waals surface area contributed by atoms with Crippen LogP contribution in [-0.4, -0.2) is 54.2 Å². The number of hydrogen-bond acceptors (Lipinski definition) is 5. The zero-order valence-electron chi connectivity index (χ0n) is 13.2. The van der Waals surface area contributed by atoms with Gasteiger partial charge in [-0.15, -0.1) is 0 Å². The molecule has 2 heterocycles. The normalized spacial score (nSPS) is 17.7. The van der Waals surface area contributed by atoms with E-state index in [-0.39, 0.29) is 6.67 Å². The number of nitrogens with zero attached hydrogens (tertiary/aromatic N) is 2. The van der Waals surface area contributed by atoms with Gasteiger partial charge in [0.15, 0.2) is 11.5 Å². The van der Waals surface area contributed by atoms with Crippen molar-refractivity contribution in [1.82, 2.24) is 15.3 Å². The van der Waals surface area contributed by atoms with Gasteiger partial charge < -0.3 is 14.6 Å². The highest BCUT2D eigenvalue weighted by Gasteiger charge is 2.22. The summed E-state index contributed by atoms with van der Waals surface area (Å²) in [6.07, 6.45) is 2.36. The van der Waals surface area contributed by atoms with E-state index in [1.54, 1.807) is 0 Å². The molecule has 0 saturated carbocycles. The zero-order chi connectivity index (χ0) is 16.1. The maximum absolute atomic E-state index is 11.4. The van der Waals surface area contributed by atoms with Gasteiger partial charge in [0.25, 0.3) is 0 Å². The maximum Gasteiger partial charge on any atom is 0.423 e. The molecule has 126 valence electrons. The number of benzene rings is 1. The lowest BCUT2D eigenvalue weighted by atomic mass is 10.2. The molecule has 0 atom stereocenters. The molecule has 2 N–H and O–H groups in total. The van der Waals surface area contributed by atoms with Gasteiger partial charge >= 0.3 is 6.09 Å². The van der Waals surface area contributed by atoms with E-state index in [1.807, 2.05) is 23.2 Å². The lowest BCUT2D eigenvalue weighted by Crippen LogP contribution is -2.51. The molecule has 0 aromatic heterocycles. The Balaban J connectivity index is 1.53. The summed E-state index contributed by atoms with van der Waals surface area (Å²) >= 11 is 0. The quantitative estimate of drug-likeness (QED) is 0.807. The summed E-state index contributed by atoms with van der Waals surface area (Å²) < 4.78 is 11.1. The van der Waals surface area contributed by atoms with Gasteiger partial charge in [0.05, 0.1) is 6.67 Å². The second-order valence-corrected chi connectivity index (χ2v) is 5.76. The van der Waals surface area contributed by atoms with Crippen molar-refractivity contribution in [2.45, 2.75) is 25.8 Å². The number of fused-ring (bicyclic) bond motifs is 1. The van der Waals surface area contributed by atoms with Crippen LogP contribution in [0.15, 0.2) is 18.2 Å². The Kier molecular flexibility index (Phi) is 5.19. The Morgan fingerprint density at radius 3 is 2.65 bits per heavy atom. The van der Waals surface area contributed by atoms with Gasteiger partial charge in [0, 0.05) is 19.6 Å². The second kappa shape index (κ2) is 7.52. The highest BCUT2D eigenvalue weighted by molar-refractivity contribution is 5.64. The van der Waals surface area contributed by atoms with Gasteiger partial charge in [-0.2, -0.15) is 0 Å². The van der Waals surface area contributed by atoms with Crippen LogP contribution < -0.4 is 14.8 Å². The third-order valence-electron chi connectivity index (χ3n) is 4.09. The zero-order valence-corrected chi connectivity index (χ0v) is 13.2. The van der Waals surface area contributed by atoms with E-state index >= 15 is 0 Å². The Morgan fingerprint density at radius 2 is 1.91 bits per heavy atom. The van der Waals surface area contributed by atoms with Gasteiger partial charge in [-0.25, -0.2) is 14.8 Å². The predicted molar refractivity (Wildman–Crippen MR) is 84.4 cm³/mol. The molecular formula is C16H23N3O4. The van der Waals surface area contributed by atoms with Gasteiger partial charge in [-0.05, 0) is 30.5 Å². The highest BCUT2D eigenvalue weighted by Crippen LogP contribution is 2.30. The Labute approximate surface area is 135 Å². The highest BCUT2D eigenvalue weighted by atomic mass is 16.6. The number of hydrazine groups is 1. The molecule has 1 aromatic rings. The van der Waals surface area contributed by atoms with E-state index in [0.29, 0.717) is 19.8 Å². The maximum atomic E-state index is 11.4. The SMILES string of the molecule is O=C(O)N(CNCc1ccc2c(c1)OCCO2)N1CCCCC1. The van der Waals surface area contributed by atoms with Gasteiger partial charge in [-0.1, -0.05) is 12.5 Å². The summed E-state index contributed by atoms with van der Waals surface area (Å²) in [5.41, 5.74) is 1.04. The Hall–Kier alpha value is -1.99. The van der Waals surface area contributed by atoms with E-state index in [0.717, 1.165) is 43.0 Å². The third kappa shape index (κ3) is 4.05. The first-order valence-electron chi connectivity index (χ1n) is 8.08. The van der Waals surface area contributed by atoms with Crippen LogP contribution in [0.2, 0.25) is 0 Å². The third-order valence-corrected chi connectivity index (χ3v) is 4.09. The van der Waals surface area contributed by atoms with E-state index in [1.165, 1.54) is 11.4 Å². The van der Waals surface area contributed by atoms with Gasteiger partial charge in [0.2, 0.25) is 0 Å². The number of nitrogens with one attached hydrogen (secondary N) is 1. The molecule has 0 unspecified atom stereocenters. The molecule has 1 fully saturated rings. The number of carbonyl (C=O) groups is 1. The summed E-state index contributed by atoms with van der Waals surface area (Å²) in [6, 6.07) is 5.80. The Bertz CT molecular complexity index is 546. The van der Waals surface area contributed by atoms with Crippen molar-refractivity contribution in [3.05, 3.63) is 23.8 Å². The average Bonchev–Trinajstić information content (AvgIpc) is 2.59. The molecule has 2 aliphatic rings. The van der Waals surface area contributed by atoms with Crippen LogP contribution in [0.3, 0.4) is 0 Å². The largest absolute Gasteiger partial charge is 0.486 e. The molecule has 0 spiro atoms. The molecule has 23 heavy (non-hydrogen) atoms. The number of amides is 1. The number of rotatable bonds is 5. The first-order chi connectivity index (χ1) is 11.2. The van der Waals surface area contributed by atoms with E-state index < -0.39 is 6.09 Å². The number of hydrogen-bond donors (Lipinski definition) is 2. The standard InChI is InChI=1S/C16H23N3O4/c20-16(21)19(18-6-2-1-3-7-18)12-17-11-13-4-5-14-15(10-13)23-9-8-22-14/h4-5,10,17H,1-3,6-9,11-12H2,(H,20,21). The number of ether oxygens (including phenoxy) is 2. The first kappa shape index (κ1) is 15.9. The summed E-state index contributed by atoms with van der Waals surface area (Å²) in [4.78, 5) is 11.4. The van der Waals surface area contributed by atoms with Crippen molar-refractivity contribution in [1.29, 1.82) is 0 Å².